The number of hydrogen-bond acceptors (Lipinski definition) is 5. The van der Waals surface area contributed by atoms with Gasteiger partial charge in [-0.25, -0.2) is 4.79 Å². The van der Waals surface area contributed by atoms with Crippen molar-refractivity contribution in [2.24, 2.45) is 0 Å². The van der Waals surface area contributed by atoms with Crippen LogP contribution in [0.1, 0.15) is 28.8 Å². The van der Waals surface area contributed by atoms with Crippen LogP contribution in [0.4, 0.5) is 0 Å². The number of esters is 1. The molecular formula is C21H22ClNO5. The van der Waals surface area contributed by atoms with Crippen molar-refractivity contribution in [3.8, 4) is 5.75 Å². The lowest BCUT2D eigenvalue weighted by Crippen LogP contribution is -2.28. The number of amides is 1. The maximum absolute atomic E-state index is 12.1. The highest BCUT2D eigenvalue weighted by Crippen LogP contribution is 2.17. The summed E-state index contributed by atoms with van der Waals surface area (Å²) in [5, 5.41) is 3.28. The van der Waals surface area contributed by atoms with E-state index in [1.165, 1.54) is 0 Å². The summed E-state index contributed by atoms with van der Waals surface area (Å²) >= 11 is 5.90. The Labute approximate surface area is 168 Å². The molecule has 2 aromatic carbocycles. The van der Waals surface area contributed by atoms with Crippen LogP contribution in [0.15, 0.2) is 48.5 Å². The maximum Gasteiger partial charge on any atom is 0.338 e. The molecule has 1 fully saturated rings. The van der Waals surface area contributed by atoms with E-state index in [4.69, 9.17) is 25.8 Å². The van der Waals surface area contributed by atoms with Crippen LogP contribution in [-0.4, -0.2) is 37.8 Å². The first-order valence-electron chi connectivity index (χ1n) is 9.13. The minimum absolute atomic E-state index is 0.134. The summed E-state index contributed by atoms with van der Waals surface area (Å²) in [5.41, 5.74) is 1.22. The van der Waals surface area contributed by atoms with Gasteiger partial charge >= 0.3 is 5.97 Å². The van der Waals surface area contributed by atoms with Gasteiger partial charge in [-0.1, -0.05) is 23.7 Å². The van der Waals surface area contributed by atoms with Crippen molar-refractivity contribution in [1.82, 2.24) is 5.32 Å². The van der Waals surface area contributed by atoms with Crippen molar-refractivity contribution < 1.29 is 23.8 Å². The summed E-state index contributed by atoms with van der Waals surface area (Å²) < 4.78 is 16.2. The molecule has 1 heterocycles. The molecule has 0 saturated carbocycles. The molecular weight excluding hydrogens is 382 g/mol. The van der Waals surface area contributed by atoms with Gasteiger partial charge in [-0.05, 0) is 54.8 Å². The molecule has 0 aromatic heterocycles. The number of halogens is 1. The Morgan fingerprint density at radius 3 is 2.71 bits per heavy atom. The summed E-state index contributed by atoms with van der Waals surface area (Å²) in [5.74, 6) is -0.292. The molecule has 1 atom stereocenters. The van der Waals surface area contributed by atoms with Crippen LogP contribution >= 0.6 is 11.6 Å². The molecule has 2 aromatic rings. The van der Waals surface area contributed by atoms with Gasteiger partial charge in [0.05, 0.1) is 11.7 Å². The number of carbonyl (C=O) groups excluding carboxylic acids is 2. The van der Waals surface area contributed by atoms with E-state index in [0.29, 0.717) is 29.5 Å². The second-order valence-corrected chi connectivity index (χ2v) is 6.89. The molecule has 1 aliphatic heterocycles. The number of hydrogen-bond donors (Lipinski definition) is 1. The molecule has 0 bridgehead atoms. The number of benzene rings is 2. The SMILES string of the molecule is O=C(COC(=O)c1ccc(OC[C@H]2CCCO2)cc1)NCc1cccc(Cl)c1. The lowest BCUT2D eigenvalue weighted by atomic mass is 10.2. The largest absolute Gasteiger partial charge is 0.491 e. The Hall–Kier alpha value is -2.57. The van der Waals surface area contributed by atoms with E-state index in [9.17, 15) is 9.59 Å². The highest BCUT2D eigenvalue weighted by Gasteiger charge is 2.16. The van der Waals surface area contributed by atoms with E-state index >= 15 is 0 Å². The molecule has 6 nitrogen and oxygen atoms in total. The van der Waals surface area contributed by atoms with Crippen molar-refractivity contribution in [3.63, 3.8) is 0 Å². The fourth-order valence-corrected chi connectivity index (χ4v) is 2.98. The van der Waals surface area contributed by atoms with Crippen molar-refractivity contribution in [3.05, 3.63) is 64.7 Å². The standard InChI is InChI=1S/C21H22ClNO5/c22-17-4-1-3-15(11-17)12-23-20(24)14-28-21(25)16-6-8-18(9-7-16)27-13-19-5-2-10-26-19/h1,3-4,6-9,11,19H,2,5,10,12-14H2,(H,23,24)/t19-/m1/s1. The quantitative estimate of drug-likeness (QED) is 0.684. The minimum Gasteiger partial charge on any atom is -0.491 e. The molecule has 1 saturated heterocycles. The van der Waals surface area contributed by atoms with Crippen LogP contribution in [0.3, 0.4) is 0 Å². The van der Waals surface area contributed by atoms with Gasteiger partial charge in [0.1, 0.15) is 12.4 Å². The lowest BCUT2D eigenvalue weighted by molar-refractivity contribution is -0.124. The van der Waals surface area contributed by atoms with Gasteiger partial charge in [0.15, 0.2) is 6.61 Å². The van der Waals surface area contributed by atoms with Crippen molar-refractivity contribution in [2.75, 3.05) is 19.8 Å². The van der Waals surface area contributed by atoms with Crippen LogP contribution in [0.25, 0.3) is 0 Å². The van der Waals surface area contributed by atoms with E-state index < -0.39 is 5.97 Å². The molecule has 7 heteroatoms. The number of rotatable bonds is 8. The van der Waals surface area contributed by atoms with Gasteiger partial charge in [0, 0.05) is 18.2 Å². The topological polar surface area (TPSA) is 73.9 Å². The predicted octanol–water partition coefficient (Wildman–Crippen LogP) is 3.37. The monoisotopic (exact) mass is 403 g/mol. The second kappa shape index (κ2) is 10.1. The Morgan fingerprint density at radius 2 is 2.00 bits per heavy atom. The van der Waals surface area contributed by atoms with Gasteiger partial charge in [0.25, 0.3) is 5.91 Å². The van der Waals surface area contributed by atoms with Gasteiger partial charge in [-0.15, -0.1) is 0 Å². The fraction of sp³-hybridized carbons (Fsp3) is 0.333. The zero-order valence-electron chi connectivity index (χ0n) is 15.4. The van der Waals surface area contributed by atoms with Crippen molar-refractivity contribution in [2.45, 2.75) is 25.5 Å². The number of nitrogens with one attached hydrogen (secondary N) is 1. The molecule has 3 rings (SSSR count). The van der Waals surface area contributed by atoms with Gasteiger partial charge in [0.2, 0.25) is 0 Å². The first-order chi connectivity index (χ1) is 13.6. The average molecular weight is 404 g/mol. The Bertz CT molecular complexity index is 803. The molecule has 0 unspecified atom stereocenters. The van der Waals surface area contributed by atoms with Gasteiger partial charge in [-0.3, -0.25) is 4.79 Å². The molecule has 1 N–H and O–H groups in total. The number of carbonyl (C=O) groups is 2. The second-order valence-electron chi connectivity index (χ2n) is 6.45. The zero-order chi connectivity index (χ0) is 19.8. The van der Waals surface area contributed by atoms with Crippen LogP contribution in [0, 0.1) is 0 Å². The maximum atomic E-state index is 12.1. The summed E-state index contributed by atoms with van der Waals surface area (Å²) in [7, 11) is 0. The third kappa shape index (κ3) is 6.25. The summed E-state index contributed by atoms with van der Waals surface area (Å²) in [6, 6.07) is 13.8. The van der Waals surface area contributed by atoms with E-state index in [-0.39, 0.29) is 18.6 Å². The molecule has 0 radical (unpaired) electrons. The van der Waals surface area contributed by atoms with E-state index in [2.05, 4.69) is 5.32 Å². The molecule has 1 aliphatic rings. The predicted molar refractivity (Wildman–Crippen MR) is 104 cm³/mol. The third-order valence-corrected chi connectivity index (χ3v) is 4.50. The first-order valence-corrected chi connectivity index (χ1v) is 9.51. The Morgan fingerprint density at radius 1 is 1.18 bits per heavy atom. The van der Waals surface area contributed by atoms with E-state index in [0.717, 1.165) is 25.0 Å². The third-order valence-electron chi connectivity index (χ3n) is 4.26. The summed E-state index contributed by atoms with van der Waals surface area (Å²) in [4.78, 5) is 23.9. The Kier molecular flexibility index (Phi) is 7.28. The first kappa shape index (κ1) is 20.2. The molecule has 1 amide bonds. The smallest absolute Gasteiger partial charge is 0.338 e. The lowest BCUT2D eigenvalue weighted by Gasteiger charge is -2.11. The molecule has 28 heavy (non-hydrogen) atoms. The van der Waals surface area contributed by atoms with Gasteiger partial charge < -0.3 is 19.5 Å². The fourth-order valence-electron chi connectivity index (χ4n) is 2.77. The van der Waals surface area contributed by atoms with Crippen LogP contribution < -0.4 is 10.1 Å². The van der Waals surface area contributed by atoms with E-state index in [1.807, 2.05) is 6.07 Å². The highest BCUT2D eigenvalue weighted by molar-refractivity contribution is 6.30. The molecule has 148 valence electrons. The zero-order valence-corrected chi connectivity index (χ0v) is 16.1. The molecule has 0 spiro atoms. The summed E-state index contributed by atoms with van der Waals surface area (Å²) in [6.07, 6.45) is 2.20. The average Bonchev–Trinajstić information content (AvgIpc) is 3.23. The normalized spacial score (nSPS) is 15.8. The van der Waals surface area contributed by atoms with E-state index in [1.54, 1.807) is 42.5 Å². The number of ether oxygens (including phenoxy) is 3. The van der Waals surface area contributed by atoms with Crippen LogP contribution in [0.2, 0.25) is 5.02 Å². The summed E-state index contributed by atoms with van der Waals surface area (Å²) in [6.45, 7) is 1.24. The van der Waals surface area contributed by atoms with Crippen molar-refractivity contribution in [1.29, 1.82) is 0 Å². The van der Waals surface area contributed by atoms with Crippen LogP contribution in [0.5, 0.6) is 5.75 Å². The minimum atomic E-state index is -0.566. The van der Waals surface area contributed by atoms with Gasteiger partial charge in [-0.2, -0.15) is 0 Å². The van der Waals surface area contributed by atoms with Crippen LogP contribution in [-0.2, 0) is 20.8 Å². The Balaban J connectivity index is 1.39. The highest BCUT2D eigenvalue weighted by atomic mass is 35.5. The molecule has 0 aliphatic carbocycles. The van der Waals surface area contributed by atoms with Crippen molar-refractivity contribution >= 4 is 23.5 Å².